The second-order valence-electron chi connectivity index (χ2n) is 3.99. The van der Waals surface area contributed by atoms with Crippen molar-refractivity contribution in [1.29, 1.82) is 0 Å². The van der Waals surface area contributed by atoms with Crippen molar-refractivity contribution in [3.63, 3.8) is 0 Å². The highest BCUT2D eigenvalue weighted by atomic mass is 16.4. The molecule has 1 aliphatic carbocycles. The summed E-state index contributed by atoms with van der Waals surface area (Å²) in [4.78, 5) is 14.9. The van der Waals surface area contributed by atoms with E-state index in [0.29, 0.717) is 0 Å². The Morgan fingerprint density at radius 2 is 2.36 bits per heavy atom. The molecule has 14 heavy (non-hydrogen) atoms. The van der Waals surface area contributed by atoms with Crippen molar-refractivity contribution in [3.05, 3.63) is 29.6 Å². The minimum Gasteiger partial charge on any atom is -0.481 e. The zero-order valence-electron chi connectivity index (χ0n) is 8.16. The van der Waals surface area contributed by atoms with E-state index >= 15 is 0 Å². The molecular formula is C11H13NO2. The summed E-state index contributed by atoms with van der Waals surface area (Å²) in [6.45, 7) is 1.94. The first-order chi connectivity index (χ1) is 6.64. The van der Waals surface area contributed by atoms with Gasteiger partial charge in [0.05, 0.1) is 6.42 Å². The quantitative estimate of drug-likeness (QED) is 0.793. The highest BCUT2D eigenvalue weighted by Crippen LogP contribution is 2.51. The number of carbonyl (C=O) groups is 1. The molecule has 0 bridgehead atoms. The Hall–Kier alpha value is -1.38. The lowest BCUT2D eigenvalue weighted by molar-refractivity contribution is -0.137. The molecule has 1 fully saturated rings. The topological polar surface area (TPSA) is 50.2 Å². The van der Waals surface area contributed by atoms with Crippen LogP contribution < -0.4 is 0 Å². The SMILES string of the molecule is Cc1ncccc1C1(CC(=O)O)CC1. The molecule has 3 heteroatoms. The van der Waals surface area contributed by atoms with Crippen LogP contribution in [0.1, 0.15) is 30.5 Å². The Kier molecular flexibility index (Phi) is 2.02. The van der Waals surface area contributed by atoms with Crippen molar-refractivity contribution in [2.75, 3.05) is 0 Å². The number of pyridine rings is 1. The Balaban J connectivity index is 2.31. The van der Waals surface area contributed by atoms with Crippen molar-refractivity contribution in [2.24, 2.45) is 0 Å². The molecule has 1 aliphatic rings. The number of carboxylic acid groups (broad SMARTS) is 1. The van der Waals surface area contributed by atoms with Gasteiger partial charge in [-0.05, 0) is 31.4 Å². The molecule has 2 rings (SSSR count). The van der Waals surface area contributed by atoms with Crippen LogP contribution in [-0.2, 0) is 10.2 Å². The molecule has 0 amide bonds. The molecule has 0 unspecified atom stereocenters. The monoisotopic (exact) mass is 191 g/mol. The van der Waals surface area contributed by atoms with Gasteiger partial charge in [0.1, 0.15) is 0 Å². The molecule has 1 aromatic rings. The minimum atomic E-state index is -0.717. The van der Waals surface area contributed by atoms with Gasteiger partial charge in [-0.2, -0.15) is 0 Å². The number of aliphatic carboxylic acids is 1. The van der Waals surface area contributed by atoms with Gasteiger partial charge in [-0.15, -0.1) is 0 Å². The van der Waals surface area contributed by atoms with Gasteiger partial charge in [-0.25, -0.2) is 0 Å². The van der Waals surface area contributed by atoms with Crippen molar-refractivity contribution < 1.29 is 9.90 Å². The van der Waals surface area contributed by atoms with Gasteiger partial charge in [0.2, 0.25) is 0 Å². The lowest BCUT2D eigenvalue weighted by atomic mass is 9.91. The standard InChI is InChI=1S/C11H13NO2/c1-8-9(3-2-6-12-8)11(4-5-11)7-10(13)14/h2-3,6H,4-5,7H2,1H3,(H,13,14). The van der Waals surface area contributed by atoms with E-state index in [4.69, 9.17) is 5.11 Å². The molecule has 1 heterocycles. The smallest absolute Gasteiger partial charge is 0.304 e. The summed E-state index contributed by atoms with van der Waals surface area (Å²) in [5.41, 5.74) is 1.97. The van der Waals surface area contributed by atoms with Crippen LogP contribution in [0.5, 0.6) is 0 Å². The van der Waals surface area contributed by atoms with Gasteiger partial charge in [-0.3, -0.25) is 9.78 Å². The third kappa shape index (κ3) is 1.50. The lowest BCUT2D eigenvalue weighted by Gasteiger charge is -2.14. The summed E-state index contributed by atoms with van der Waals surface area (Å²) in [6, 6.07) is 3.88. The Morgan fingerprint density at radius 1 is 1.64 bits per heavy atom. The van der Waals surface area contributed by atoms with Crippen molar-refractivity contribution in [3.8, 4) is 0 Å². The third-order valence-corrected chi connectivity index (χ3v) is 2.92. The number of carboxylic acids is 1. The summed E-state index contributed by atoms with van der Waals surface area (Å²) in [7, 11) is 0. The molecule has 0 aliphatic heterocycles. The number of hydrogen-bond donors (Lipinski definition) is 1. The Labute approximate surface area is 82.8 Å². The summed E-state index contributed by atoms with van der Waals surface area (Å²) in [6.07, 6.45) is 3.94. The van der Waals surface area contributed by atoms with Gasteiger partial charge in [0.25, 0.3) is 0 Å². The first-order valence-corrected chi connectivity index (χ1v) is 4.78. The van der Waals surface area contributed by atoms with Gasteiger partial charge in [-0.1, -0.05) is 6.07 Å². The van der Waals surface area contributed by atoms with Gasteiger partial charge >= 0.3 is 5.97 Å². The number of aryl methyl sites for hydroxylation is 1. The fourth-order valence-electron chi connectivity index (χ4n) is 2.03. The van der Waals surface area contributed by atoms with Crippen molar-refractivity contribution >= 4 is 5.97 Å². The maximum Gasteiger partial charge on any atom is 0.304 e. The fourth-order valence-corrected chi connectivity index (χ4v) is 2.03. The molecule has 0 spiro atoms. The van der Waals surface area contributed by atoms with Gasteiger partial charge in [0.15, 0.2) is 0 Å². The van der Waals surface area contributed by atoms with Crippen LogP contribution in [0, 0.1) is 6.92 Å². The Bertz CT molecular complexity index is 369. The average molecular weight is 191 g/mol. The first-order valence-electron chi connectivity index (χ1n) is 4.78. The molecule has 1 aromatic heterocycles. The molecule has 0 atom stereocenters. The van der Waals surface area contributed by atoms with Crippen LogP contribution in [0.3, 0.4) is 0 Å². The highest BCUT2D eigenvalue weighted by Gasteiger charge is 2.46. The van der Waals surface area contributed by atoms with Crippen LogP contribution in [0.2, 0.25) is 0 Å². The van der Waals surface area contributed by atoms with E-state index in [0.717, 1.165) is 24.1 Å². The normalized spacial score (nSPS) is 17.8. The minimum absolute atomic E-state index is 0.107. The lowest BCUT2D eigenvalue weighted by Crippen LogP contribution is -2.14. The molecule has 0 radical (unpaired) electrons. The first kappa shape index (κ1) is 9.19. The van der Waals surface area contributed by atoms with E-state index in [1.807, 2.05) is 19.1 Å². The molecule has 3 nitrogen and oxygen atoms in total. The number of rotatable bonds is 3. The van der Waals surface area contributed by atoms with Crippen LogP contribution in [0.4, 0.5) is 0 Å². The predicted octanol–water partition coefficient (Wildman–Crippen LogP) is 1.90. The van der Waals surface area contributed by atoms with E-state index in [9.17, 15) is 4.79 Å². The molecule has 1 saturated carbocycles. The van der Waals surface area contributed by atoms with Crippen LogP contribution in [0.25, 0.3) is 0 Å². The van der Waals surface area contributed by atoms with E-state index in [2.05, 4.69) is 4.98 Å². The molecule has 74 valence electrons. The zero-order chi connectivity index (χ0) is 10.2. The van der Waals surface area contributed by atoms with E-state index < -0.39 is 5.97 Å². The second kappa shape index (κ2) is 3.08. The third-order valence-electron chi connectivity index (χ3n) is 2.92. The largest absolute Gasteiger partial charge is 0.481 e. The van der Waals surface area contributed by atoms with Crippen molar-refractivity contribution in [2.45, 2.75) is 31.6 Å². The average Bonchev–Trinajstić information content (AvgIpc) is 2.85. The highest BCUT2D eigenvalue weighted by molar-refractivity contribution is 5.70. The summed E-state index contributed by atoms with van der Waals surface area (Å²) >= 11 is 0. The summed E-state index contributed by atoms with van der Waals surface area (Å²) in [5, 5.41) is 8.82. The van der Waals surface area contributed by atoms with Crippen LogP contribution in [-0.4, -0.2) is 16.1 Å². The molecule has 0 aromatic carbocycles. The molecular weight excluding hydrogens is 178 g/mol. The molecule has 1 N–H and O–H groups in total. The fraction of sp³-hybridized carbons (Fsp3) is 0.455. The predicted molar refractivity (Wildman–Crippen MR) is 52.1 cm³/mol. The van der Waals surface area contributed by atoms with Gasteiger partial charge < -0.3 is 5.11 Å². The van der Waals surface area contributed by atoms with Crippen LogP contribution in [0.15, 0.2) is 18.3 Å². The maximum absolute atomic E-state index is 10.7. The Morgan fingerprint density at radius 3 is 2.86 bits per heavy atom. The summed E-state index contributed by atoms with van der Waals surface area (Å²) < 4.78 is 0. The van der Waals surface area contributed by atoms with Crippen molar-refractivity contribution in [1.82, 2.24) is 4.98 Å². The van der Waals surface area contributed by atoms with Crippen LogP contribution >= 0.6 is 0 Å². The molecule has 0 saturated heterocycles. The second-order valence-corrected chi connectivity index (χ2v) is 3.99. The van der Waals surface area contributed by atoms with E-state index in [1.54, 1.807) is 6.20 Å². The number of nitrogens with zero attached hydrogens (tertiary/aromatic N) is 1. The maximum atomic E-state index is 10.7. The summed E-state index contributed by atoms with van der Waals surface area (Å²) in [5.74, 6) is -0.717. The van der Waals surface area contributed by atoms with E-state index in [-0.39, 0.29) is 11.8 Å². The number of aromatic nitrogens is 1. The number of hydrogen-bond acceptors (Lipinski definition) is 2. The zero-order valence-corrected chi connectivity index (χ0v) is 8.16. The van der Waals surface area contributed by atoms with E-state index in [1.165, 1.54) is 0 Å². The van der Waals surface area contributed by atoms with Gasteiger partial charge in [0, 0.05) is 17.3 Å².